The van der Waals surface area contributed by atoms with Gasteiger partial charge >= 0.3 is 0 Å². The summed E-state index contributed by atoms with van der Waals surface area (Å²) in [5.41, 5.74) is 1.38. The molecule has 3 heteroatoms. The van der Waals surface area contributed by atoms with E-state index in [1.54, 1.807) is 0 Å². The number of nitrogens with one attached hydrogen (secondary N) is 1. The van der Waals surface area contributed by atoms with Crippen LogP contribution < -0.4 is 5.32 Å². The Morgan fingerprint density at radius 3 is 2.61 bits per heavy atom. The first-order chi connectivity index (χ1) is 8.74. The van der Waals surface area contributed by atoms with Gasteiger partial charge in [0, 0.05) is 31.0 Å². The molecule has 1 aromatic carbocycles. The Morgan fingerprint density at radius 1 is 1.17 bits per heavy atom. The minimum atomic E-state index is 0.443. The largest absolute Gasteiger partial charge is 0.336 e. The highest BCUT2D eigenvalue weighted by molar-refractivity contribution is 5.15. The Bertz CT molecular complexity index is 436. The van der Waals surface area contributed by atoms with Crippen molar-refractivity contribution in [1.29, 1.82) is 0 Å². The molecule has 1 N–H and O–H groups in total. The lowest BCUT2D eigenvalue weighted by Crippen LogP contribution is -2.38. The minimum Gasteiger partial charge on any atom is -0.336 e. The SMILES string of the molecule is CC(Cc1ccccc1)NC(C)Cn1ccnc1. The molecular formula is C15H21N3. The van der Waals surface area contributed by atoms with Crippen molar-refractivity contribution in [3.63, 3.8) is 0 Å². The number of hydrogen-bond donors (Lipinski definition) is 1. The van der Waals surface area contributed by atoms with E-state index in [1.807, 2.05) is 18.7 Å². The zero-order chi connectivity index (χ0) is 12.8. The molecule has 0 amide bonds. The van der Waals surface area contributed by atoms with Crippen molar-refractivity contribution in [2.24, 2.45) is 0 Å². The van der Waals surface area contributed by atoms with Crippen LogP contribution in [0.4, 0.5) is 0 Å². The van der Waals surface area contributed by atoms with Gasteiger partial charge in [0.05, 0.1) is 6.33 Å². The topological polar surface area (TPSA) is 29.9 Å². The van der Waals surface area contributed by atoms with Crippen molar-refractivity contribution in [3.05, 3.63) is 54.6 Å². The lowest BCUT2D eigenvalue weighted by Gasteiger charge is -2.20. The van der Waals surface area contributed by atoms with Gasteiger partial charge in [0.25, 0.3) is 0 Å². The predicted octanol–water partition coefficient (Wildman–Crippen LogP) is 2.49. The molecular weight excluding hydrogens is 222 g/mol. The molecule has 0 aliphatic heterocycles. The third-order valence-electron chi connectivity index (χ3n) is 3.00. The van der Waals surface area contributed by atoms with Crippen LogP contribution >= 0.6 is 0 Å². The molecule has 2 atom stereocenters. The summed E-state index contributed by atoms with van der Waals surface area (Å²) in [6.07, 6.45) is 6.75. The van der Waals surface area contributed by atoms with Crippen LogP contribution in [-0.4, -0.2) is 21.6 Å². The van der Waals surface area contributed by atoms with Crippen LogP contribution in [0.2, 0.25) is 0 Å². The molecule has 0 fully saturated rings. The highest BCUT2D eigenvalue weighted by Gasteiger charge is 2.08. The molecule has 18 heavy (non-hydrogen) atoms. The maximum absolute atomic E-state index is 4.06. The summed E-state index contributed by atoms with van der Waals surface area (Å²) < 4.78 is 2.10. The number of aromatic nitrogens is 2. The standard InChI is InChI=1S/C15H21N3/c1-13(10-15-6-4-3-5-7-15)17-14(2)11-18-9-8-16-12-18/h3-9,12-14,17H,10-11H2,1-2H3. The molecule has 0 bridgehead atoms. The quantitative estimate of drug-likeness (QED) is 0.844. The smallest absolute Gasteiger partial charge is 0.0946 e. The van der Waals surface area contributed by atoms with Crippen LogP contribution in [0.15, 0.2) is 49.1 Å². The molecule has 3 nitrogen and oxygen atoms in total. The molecule has 96 valence electrons. The third kappa shape index (κ3) is 4.00. The van der Waals surface area contributed by atoms with E-state index >= 15 is 0 Å². The molecule has 0 radical (unpaired) electrons. The monoisotopic (exact) mass is 243 g/mol. The van der Waals surface area contributed by atoms with Crippen LogP contribution in [0.3, 0.4) is 0 Å². The Kier molecular flexibility index (Phi) is 4.53. The fraction of sp³-hybridized carbons (Fsp3) is 0.400. The second-order valence-corrected chi connectivity index (χ2v) is 4.92. The first-order valence-electron chi connectivity index (χ1n) is 6.50. The average molecular weight is 243 g/mol. The van der Waals surface area contributed by atoms with E-state index in [9.17, 15) is 0 Å². The zero-order valence-corrected chi connectivity index (χ0v) is 11.1. The van der Waals surface area contributed by atoms with Crippen LogP contribution in [0.25, 0.3) is 0 Å². The molecule has 0 spiro atoms. The summed E-state index contributed by atoms with van der Waals surface area (Å²) in [6, 6.07) is 11.5. The van der Waals surface area contributed by atoms with Gasteiger partial charge < -0.3 is 9.88 Å². The number of nitrogens with zero attached hydrogens (tertiary/aromatic N) is 2. The minimum absolute atomic E-state index is 0.443. The average Bonchev–Trinajstić information content (AvgIpc) is 2.82. The second kappa shape index (κ2) is 6.36. The van der Waals surface area contributed by atoms with Gasteiger partial charge in [0.15, 0.2) is 0 Å². The van der Waals surface area contributed by atoms with Crippen LogP contribution in [0.5, 0.6) is 0 Å². The van der Waals surface area contributed by atoms with Gasteiger partial charge in [-0.1, -0.05) is 30.3 Å². The second-order valence-electron chi connectivity index (χ2n) is 4.92. The van der Waals surface area contributed by atoms with E-state index in [-0.39, 0.29) is 0 Å². The molecule has 0 aliphatic rings. The molecule has 0 aliphatic carbocycles. The van der Waals surface area contributed by atoms with Gasteiger partial charge in [-0.3, -0.25) is 0 Å². The lowest BCUT2D eigenvalue weighted by atomic mass is 10.1. The van der Waals surface area contributed by atoms with Gasteiger partial charge in [-0.25, -0.2) is 4.98 Å². The third-order valence-corrected chi connectivity index (χ3v) is 3.00. The van der Waals surface area contributed by atoms with Crippen molar-refractivity contribution in [3.8, 4) is 0 Å². The highest BCUT2D eigenvalue weighted by atomic mass is 15.1. The molecule has 0 saturated heterocycles. The Hall–Kier alpha value is -1.61. The number of imidazole rings is 1. The van der Waals surface area contributed by atoms with Gasteiger partial charge in [-0.2, -0.15) is 0 Å². The van der Waals surface area contributed by atoms with Crippen molar-refractivity contribution in [2.75, 3.05) is 0 Å². The zero-order valence-electron chi connectivity index (χ0n) is 11.1. The van der Waals surface area contributed by atoms with E-state index in [0.29, 0.717) is 12.1 Å². The van der Waals surface area contributed by atoms with Crippen molar-refractivity contribution in [1.82, 2.24) is 14.9 Å². The molecule has 2 aromatic rings. The van der Waals surface area contributed by atoms with Crippen LogP contribution in [0, 0.1) is 0 Å². The van der Waals surface area contributed by atoms with Crippen LogP contribution in [-0.2, 0) is 13.0 Å². The van der Waals surface area contributed by atoms with E-state index in [4.69, 9.17) is 0 Å². The highest BCUT2D eigenvalue weighted by Crippen LogP contribution is 2.04. The van der Waals surface area contributed by atoms with E-state index in [2.05, 4.69) is 59.0 Å². The normalized spacial score (nSPS) is 14.3. The van der Waals surface area contributed by atoms with E-state index in [0.717, 1.165) is 13.0 Å². The first-order valence-corrected chi connectivity index (χ1v) is 6.50. The van der Waals surface area contributed by atoms with Gasteiger partial charge in [0.1, 0.15) is 0 Å². The van der Waals surface area contributed by atoms with Crippen molar-refractivity contribution < 1.29 is 0 Å². The fourth-order valence-corrected chi connectivity index (χ4v) is 2.28. The molecule has 1 aromatic heterocycles. The summed E-state index contributed by atoms with van der Waals surface area (Å²) >= 11 is 0. The summed E-state index contributed by atoms with van der Waals surface area (Å²) in [4.78, 5) is 4.06. The fourth-order valence-electron chi connectivity index (χ4n) is 2.28. The maximum Gasteiger partial charge on any atom is 0.0946 e. The molecule has 1 heterocycles. The molecule has 2 unspecified atom stereocenters. The van der Waals surface area contributed by atoms with Crippen molar-refractivity contribution >= 4 is 0 Å². The molecule has 0 saturated carbocycles. The van der Waals surface area contributed by atoms with Crippen LogP contribution in [0.1, 0.15) is 19.4 Å². The Morgan fingerprint density at radius 2 is 1.94 bits per heavy atom. The maximum atomic E-state index is 4.06. The van der Waals surface area contributed by atoms with Crippen molar-refractivity contribution in [2.45, 2.75) is 38.9 Å². The lowest BCUT2D eigenvalue weighted by molar-refractivity contribution is 0.421. The van der Waals surface area contributed by atoms with Gasteiger partial charge in [0.2, 0.25) is 0 Å². The summed E-state index contributed by atoms with van der Waals surface area (Å²) in [6.45, 7) is 5.40. The number of rotatable bonds is 6. The Labute approximate surface area is 109 Å². The van der Waals surface area contributed by atoms with Gasteiger partial charge in [-0.05, 0) is 25.8 Å². The van der Waals surface area contributed by atoms with E-state index in [1.165, 1.54) is 5.56 Å². The number of hydrogen-bond acceptors (Lipinski definition) is 2. The first kappa shape index (κ1) is 12.8. The Balaban J connectivity index is 1.78. The van der Waals surface area contributed by atoms with E-state index < -0.39 is 0 Å². The summed E-state index contributed by atoms with van der Waals surface area (Å²) in [5.74, 6) is 0. The summed E-state index contributed by atoms with van der Waals surface area (Å²) in [5, 5.41) is 3.62. The summed E-state index contributed by atoms with van der Waals surface area (Å²) in [7, 11) is 0. The number of benzene rings is 1. The predicted molar refractivity (Wildman–Crippen MR) is 74.4 cm³/mol. The molecule has 2 rings (SSSR count). The van der Waals surface area contributed by atoms with Gasteiger partial charge in [-0.15, -0.1) is 0 Å².